The summed E-state index contributed by atoms with van der Waals surface area (Å²) < 4.78 is 4.89. The van der Waals surface area contributed by atoms with Crippen molar-refractivity contribution in [3.63, 3.8) is 0 Å². The van der Waals surface area contributed by atoms with Crippen LogP contribution in [-0.2, 0) is 0 Å². The van der Waals surface area contributed by atoms with Crippen LogP contribution in [0.3, 0.4) is 0 Å². The molecule has 1 aromatic rings. The molecule has 0 unspecified atom stereocenters. The molecule has 0 atom stereocenters. The fraction of sp³-hybridized carbons (Fsp3) is 0.143. The third kappa shape index (κ3) is 4.00. The molecule has 50 valence electrons. The molecule has 0 spiro atoms. The molecule has 0 saturated carbocycles. The average Bonchev–Trinajstić information content (AvgIpc) is 1.90. The van der Waals surface area contributed by atoms with Gasteiger partial charge in [-0.3, -0.25) is 0 Å². The molecular formula is C7H8BrLiO. The van der Waals surface area contributed by atoms with Gasteiger partial charge in [-0.25, -0.2) is 0 Å². The largest absolute Gasteiger partial charge is 1.00 e. The zero-order valence-corrected chi connectivity index (χ0v) is 7.84. The number of hydrogen-bond acceptors (Lipinski definition) is 1. The molecule has 0 heterocycles. The van der Waals surface area contributed by atoms with E-state index < -0.39 is 0 Å². The quantitative estimate of drug-likeness (QED) is 0.415. The number of methoxy groups -OCH3 is 1. The van der Waals surface area contributed by atoms with Crippen molar-refractivity contribution < 1.29 is 23.6 Å². The number of ether oxygens (including phenoxy) is 1. The van der Waals surface area contributed by atoms with E-state index in [-0.39, 0.29) is 35.8 Å². The number of hydrogen-bond donors (Lipinski definition) is 0. The normalized spacial score (nSPS) is 6.90. The molecule has 3 heteroatoms. The fourth-order valence-electron chi connectivity index (χ4n) is 0.508. The van der Waals surface area contributed by atoms with E-state index in [4.69, 9.17) is 4.74 Å². The molecule has 1 rings (SSSR count). The van der Waals surface area contributed by atoms with E-state index in [1.54, 1.807) is 7.11 Å². The first kappa shape index (κ1) is 12.7. The Morgan fingerprint density at radius 3 is 2.10 bits per heavy atom. The van der Waals surface area contributed by atoms with E-state index in [9.17, 15) is 0 Å². The van der Waals surface area contributed by atoms with Crippen molar-refractivity contribution in [3.05, 3.63) is 30.3 Å². The van der Waals surface area contributed by atoms with Crippen LogP contribution in [-0.4, -0.2) is 7.11 Å². The van der Waals surface area contributed by atoms with Crippen LogP contribution in [0.1, 0.15) is 0 Å². The summed E-state index contributed by atoms with van der Waals surface area (Å²) in [6.45, 7) is 0. The van der Waals surface area contributed by atoms with Crippen LogP contribution in [0.4, 0.5) is 0 Å². The maximum atomic E-state index is 4.89. The summed E-state index contributed by atoms with van der Waals surface area (Å²) in [5.41, 5.74) is 0. The minimum absolute atomic E-state index is 0. The van der Waals surface area contributed by atoms with E-state index in [1.165, 1.54) is 0 Å². The third-order valence-corrected chi connectivity index (χ3v) is 0.923. The molecule has 10 heavy (non-hydrogen) atoms. The van der Waals surface area contributed by atoms with E-state index >= 15 is 0 Å². The van der Waals surface area contributed by atoms with Gasteiger partial charge in [0.25, 0.3) is 0 Å². The van der Waals surface area contributed by atoms with E-state index in [0.29, 0.717) is 0 Å². The number of benzene rings is 1. The van der Waals surface area contributed by atoms with Gasteiger partial charge in [0, 0.05) is 5.75 Å². The zero-order chi connectivity index (χ0) is 5.82. The first-order chi connectivity index (χ1) is 3.93. The summed E-state index contributed by atoms with van der Waals surface area (Å²) in [7, 11) is 1.65. The van der Waals surface area contributed by atoms with Crippen molar-refractivity contribution in [1.29, 1.82) is 0 Å². The Labute approximate surface area is 83.7 Å². The monoisotopic (exact) mass is 194 g/mol. The standard InChI is InChI=1S/C7H7O.BrH.Li/c1-8-7-5-3-2-4-6-7;;/h3-6H,1H3;1H;/q-1;;+1. The summed E-state index contributed by atoms with van der Waals surface area (Å²) in [4.78, 5) is 0. The fourth-order valence-corrected chi connectivity index (χ4v) is 0.508. The van der Waals surface area contributed by atoms with E-state index in [0.717, 1.165) is 5.75 Å². The maximum Gasteiger partial charge on any atom is 1.00 e. The molecule has 0 aromatic heterocycles. The Balaban J connectivity index is 0. The van der Waals surface area contributed by atoms with Gasteiger partial charge in [0.2, 0.25) is 0 Å². The molecule has 0 bridgehead atoms. The van der Waals surface area contributed by atoms with Gasteiger partial charge in [0.05, 0.1) is 7.11 Å². The second kappa shape index (κ2) is 7.21. The van der Waals surface area contributed by atoms with Gasteiger partial charge in [0.15, 0.2) is 0 Å². The Hall–Kier alpha value is 0.0974. The predicted molar refractivity (Wildman–Crippen MR) is 42.2 cm³/mol. The topological polar surface area (TPSA) is 9.23 Å². The van der Waals surface area contributed by atoms with Gasteiger partial charge in [-0.05, 0) is 0 Å². The predicted octanol–water partition coefficient (Wildman–Crippen LogP) is -0.923. The van der Waals surface area contributed by atoms with Crippen molar-refractivity contribution in [1.82, 2.24) is 0 Å². The van der Waals surface area contributed by atoms with Crippen LogP contribution in [0.15, 0.2) is 24.3 Å². The zero-order valence-electron chi connectivity index (χ0n) is 6.13. The van der Waals surface area contributed by atoms with Crippen LogP contribution >= 0.6 is 17.0 Å². The molecule has 0 N–H and O–H groups in total. The van der Waals surface area contributed by atoms with Crippen molar-refractivity contribution in [2.75, 3.05) is 7.11 Å². The third-order valence-electron chi connectivity index (χ3n) is 0.923. The minimum Gasteiger partial charge on any atom is -0.522 e. The Morgan fingerprint density at radius 2 is 1.80 bits per heavy atom. The summed E-state index contributed by atoms with van der Waals surface area (Å²) in [6, 6.07) is 10.2. The molecule has 0 aliphatic rings. The first-order valence-corrected chi connectivity index (χ1v) is 2.43. The van der Waals surface area contributed by atoms with Crippen LogP contribution in [0.25, 0.3) is 0 Å². The van der Waals surface area contributed by atoms with Crippen LogP contribution in [0.2, 0.25) is 0 Å². The van der Waals surface area contributed by atoms with Gasteiger partial charge in [-0.2, -0.15) is 18.2 Å². The second-order valence-electron chi connectivity index (χ2n) is 1.44. The maximum absolute atomic E-state index is 4.89. The second-order valence-corrected chi connectivity index (χ2v) is 1.44. The summed E-state index contributed by atoms with van der Waals surface area (Å²) in [6.07, 6.45) is 0. The number of rotatable bonds is 1. The smallest absolute Gasteiger partial charge is 0.522 e. The molecule has 0 aliphatic heterocycles. The van der Waals surface area contributed by atoms with Crippen molar-refractivity contribution in [2.24, 2.45) is 0 Å². The SMILES string of the molecule is Br.COc1cc[c-]cc1.[Li+]. The van der Waals surface area contributed by atoms with Crippen molar-refractivity contribution in [2.45, 2.75) is 0 Å². The van der Waals surface area contributed by atoms with Crippen molar-refractivity contribution in [3.8, 4) is 5.75 Å². The molecule has 0 amide bonds. The van der Waals surface area contributed by atoms with E-state index in [2.05, 4.69) is 6.07 Å². The van der Waals surface area contributed by atoms with Gasteiger partial charge in [0.1, 0.15) is 0 Å². The van der Waals surface area contributed by atoms with Gasteiger partial charge in [-0.15, -0.1) is 29.1 Å². The van der Waals surface area contributed by atoms with Gasteiger partial charge < -0.3 is 4.74 Å². The Morgan fingerprint density at radius 1 is 1.30 bits per heavy atom. The minimum atomic E-state index is 0. The van der Waals surface area contributed by atoms with Crippen LogP contribution in [0.5, 0.6) is 5.75 Å². The van der Waals surface area contributed by atoms with Gasteiger partial charge in [-0.1, -0.05) is 0 Å². The molecular weight excluding hydrogens is 187 g/mol. The molecule has 1 nitrogen and oxygen atoms in total. The summed E-state index contributed by atoms with van der Waals surface area (Å²) in [5.74, 6) is 0.878. The molecule has 0 saturated heterocycles. The van der Waals surface area contributed by atoms with E-state index in [1.807, 2.05) is 24.3 Å². The summed E-state index contributed by atoms with van der Waals surface area (Å²) in [5, 5.41) is 0. The van der Waals surface area contributed by atoms with Crippen LogP contribution < -0.4 is 23.6 Å². The van der Waals surface area contributed by atoms with Crippen LogP contribution in [0, 0.1) is 6.07 Å². The molecule has 1 aromatic carbocycles. The first-order valence-electron chi connectivity index (χ1n) is 2.43. The number of halogens is 1. The Kier molecular flexibility index (Phi) is 9.19. The molecule has 0 radical (unpaired) electrons. The Bertz CT molecular complexity index is 155. The summed E-state index contributed by atoms with van der Waals surface area (Å²) >= 11 is 0. The molecule has 0 aliphatic carbocycles. The average molecular weight is 195 g/mol. The van der Waals surface area contributed by atoms with Gasteiger partial charge >= 0.3 is 18.9 Å². The van der Waals surface area contributed by atoms with Crippen molar-refractivity contribution >= 4 is 17.0 Å². The molecule has 0 fully saturated rings.